The van der Waals surface area contributed by atoms with Crippen molar-refractivity contribution in [2.24, 2.45) is 0 Å². The van der Waals surface area contributed by atoms with Gasteiger partial charge in [-0.15, -0.1) is 0 Å². The smallest absolute Gasteiger partial charge is 0.306 e. The van der Waals surface area contributed by atoms with Crippen molar-refractivity contribution >= 4 is 34.3 Å². The number of para-hydroxylation sites is 1. The number of ether oxygens (including phenoxy) is 2. The number of halogens is 1. The first-order chi connectivity index (χ1) is 14.0. The van der Waals surface area contributed by atoms with E-state index >= 15 is 0 Å². The van der Waals surface area contributed by atoms with Gasteiger partial charge in [0.1, 0.15) is 5.75 Å². The van der Waals surface area contributed by atoms with Crippen LogP contribution in [0, 0.1) is 6.92 Å². The maximum absolute atomic E-state index is 12.5. The molecule has 2 aromatic carbocycles. The second-order valence-corrected chi connectivity index (χ2v) is 7.28. The van der Waals surface area contributed by atoms with E-state index in [1.807, 2.05) is 31.2 Å². The van der Waals surface area contributed by atoms with E-state index in [0.29, 0.717) is 23.6 Å². The number of hydrogen-bond acceptors (Lipinski definition) is 4. The van der Waals surface area contributed by atoms with Crippen molar-refractivity contribution in [1.82, 2.24) is 4.98 Å². The first-order valence-corrected chi connectivity index (χ1v) is 10.0. The largest absolute Gasteiger partial charge is 0.493 e. The molecule has 0 amide bonds. The quantitative estimate of drug-likeness (QED) is 0.294. The molecule has 1 heterocycles. The molecule has 0 aliphatic rings. The Labute approximate surface area is 175 Å². The number of nitrogens with one attached hydrogen (secondary N) is 1. The molecule has 3 aromatic rings. The first kappa shape index (κ1) is 20.9. The molecular formula is C23H24ClNO4. The van der Waals surface area contributed by atoms with Crippen molar-refractivity contribution in [3.8, 4) is 5.75 Å². The Bertz CT molecular complexity index is 1020. The van der Waals surface area contributed by atoms with Crippen LogP contribution in [0.1, 0.15) is 41.3 Å². The summed E-state index contributed by atoms with van der Waals surface area (Å²) in [4.78, 5) is 27.6. The highest BCUT2D eigenvalue weighted by Crippen LogP contribution is 2.23. The SMILES string of the molecule is CCc1cccc2c(C(=O)COC(=O)CCCOc3ccc(Cl)cc3C)c[nH]c12. The lowest BCUT2D eigenvalue weighted by molar-refractivity contribution is -0.142. The molecule has 0 bridgehead atoms. The standard InChI is InChI=1S/C23H24ClNO4/c1-3-16-6-4-7-18-19(13-25-23(16)18)20(26)14-29-22(27)8-5-11-28-21-10-9-17(24)12-15(21)2/h4,6-7,9-10,12-13,25H,3,5,8,11,14H2,1-2H3. The number of rotatable bonds is 9. The summed E-state index contributed by atoms with van der Waals surface area (Å²) in [5.74, 6) is 0.110. The van der Waals surface area contributed by atoms with Gasteiger partial charge < -0.3 is 14.5 Å². The second kappa shape index (κ2) is 9.61. The lowest BCUT2D eigenvalue weighted by Crippen LogP contribution is -2.14. The molecule has 0 aliphatic carbocycles. The molecule has 0 atom stereocenters. The van der Waals surface area contributed by atoms with E-state index in [0.717, 1.165) is 34.2 Å². The van der Waals surface area contributed by atoms with E-state index in [1.54, 1.807) is 18.3 Å². The minimum atomic E-state index is -0.413. The molecule has 5 nitrogen and oxygen atoms in total. The number of aromatic amines is 1. The maximum atomic E-state index is 12.5. The third-order valence-electron chi connectivity index (χ3n) is 4.77. The molecule has 152 valence electrons. The van der Waals surface area contributed by atoms with Crippen LogP contribution in [0.4, 0.5) is 0 Å². The van der Waals surface area contributed by atoms with E-state index in [4.69, 9.17) is 21.1 Å². The lowest BCUT2D eigenvalue weighted by Gasteiger charge is -2.09. The molecule has 1 aromatic heterocycles. The summed E-state index contributed by atoms with van der Waals surface area (Å²) < 4.78 is 10.8. The van der Waals surface area contributed by atoms with Gasteiger partial charge in [0.15, 0.2) is 6.61 Å². The molecule has 29 heavy (non-hydrogen) atoms. The average Bonchev–Trinajstić information content (AvgIpc) is 3.15. The van der Waals surface area contributed by atoms with Crippen LogP contribution in [-0.4, -0.2) is 30.0 Å². The fourth-order valence-electron chi connectivity index (χ4n) is 3.21. The van der Waals surface area contributed by atoms with Crippen LogP contribution in [0.3, 0.4) is 0 Å². The van der Waals surface area contributed by atoms with E-state index in [1.165, 1.54) is 0 Å². The van der Waals surface area contributed by atoms with Crippen LogP contribution < -0.4 is 4.74 Å². The minimum Gasteiger partial charge on any atom is -0.493 e. The number of H-pyrrole nitrogens is 1. The summed E-state index contributed by atoms with van der Waals surface area (Å²) in [6, 6.07) is 11.2. The van der Waals surface area contributed by atoms with E-state index in [-0.39, 0.29) is 18.8 Å². The summed E-state index contributed by atoms with van der Waals surface area (Å²) in [5.41, 5.74) is 3.59. The molecule has 0 spiro atoms. The van der Waals surface area contributed by atoms with Gasteiger partial charge in [0.25, 0.3) is 0 Å². The van der Waals surface area contributed by atoms with Gasteiger partial charge in [-0.2, -0.15) is 0 Å². The zero-order valence-corrected chi connectivity index (χ0v) is 17.3. The number of aromatic nitrogens is 1. The molecule has 0 unspecified atom stereocenters. The van der Waals surface area contributed by atoms with Crippen molar-refractivity contribution in [3.63, 3.8) is 0 Å². The Hall–Kier alpha value is -2.79. The van der Waals surface area contributed by atoms with Gasteiger partial charge >= 0.3 is 5.97 Å². The van der Waals surface area contributed by atoms with Gasteiger partial charge in [-0.3, -0.25) is 9.59 Å². The summed E-state index contributed by atoms with van der Waals surface area (Å²) in [5, 5.41) is 1.52. The summed E-state index contributed by atoms with van der Waals surface area (Å²) >= 11 is 5.92. The number of esters is 1. The lowest BCUT2D eigenvalue weighted by atomic mass is 10.1. The predicted molar refractivity (Wildman–Crippen MR) is 114 cm³/mol. The fraction of sp³-hybridized carbons (Fsp3) is 0.304. The van der Waals surface area contributed by atoms with Crippen LogP contribution in [0.25, 0.3) is 10.9 Å². The summed E-state index contributed by atoms with van der Waals surface area (Å²) in [6.45, 7) is 4.10. The van der Waals surface area contributed by atoms with Crippen molar-refractivity contribution in [3.05, 3.63) is 64.3 Å². The van der Waals surface area contributed by atoms with Gasteiger partial charge in [0, 0.05) is 34.1 Å². The van der Waals surface area contributed by atoms with Crippen molar-refractivity contribution in [2.75, 3.05) is 13.2 Å². The van der Waals surface area contributed by atoms with Crippen LogP contribution in [0.2, 0.25) is 5.02 Å². The zero-order chi connectivity index (χ0) is 20.8. The Balaban J connectivity index is 1.45. The molecule has 3 rings (SSSR count). The monoisotopic (exact) mass is 413 g/mol. The van der Waals surface area contributed by atoms with E-state index < -0.39 is 5.97 Å². The topological polar surface area (TPSA) is 68.4 Å². The molecule has 0 saturated heterocycles. The molecule has 1 N–H and O–H groups in total. The zero-order valence-electron chi connectivity index (χ0n) is 16.6. The molecule has 0 aliphatic heterocycles. The van der Waals surface area contributed by atoms with Crippen LogP contribution in [0.15, 0.2) is 42.6 Å². The van der Waals surface area contributed by atoms with E-state index in [2.05, 4.69) is 11.9 Å². The number of ketones is 1. The van der Waals surface area contributed by atoms with Crippen molar-refractivity contribution in [1.29, 1.82) is 0 Å². The number of Topliss-reactive ketones (excluding diaryl/α,β-unsaturated/α-hetero) is 1. The number of fused-ring (bicyclic) bond motifs is 1. The van der Waals surface area contributed by atoms with E-state index in [9.17, 15) is 9.59 Å². The van der Waals surface area contributed by atoms with Gasteiger partial charge in [-0.05, 0) is 49.1 Å². The first-order valence-electron chi connectivity index (χ1n) is 9.66. The number of aryl methyl sites for hydroxylation is 2. The normalized spacial score (nSPS) is 10.9. The van der Waals surface area contributed by atoms with Gasteiger partial charge in [-0.25, -0.2) is 0 Å². The van der Waals surface area contributed by atoms with Crippen molar-refractivity contribution < 1.29 is 19.1 Å². The predicted octanol–water partition coefficient (Wildman–Crippen LogP) is 5.28. The molecular weight excluding hydrogens is 390 g/mol. The number of benzene rings is 2. The van der Waals surface area contributed by atoms with Crippen LogP contribution in [0.5, 0.6) is 5.75 Å². The fourth-order valence-corrected chi connectivity index (χ4v) is 3.44. The maximum Gasteiger partial charge on any atom is 0.306 e. The number of carbonyl (C=O) groups is 2. The molecule has 6 heteroatoms. The van der Waals surface area contributed by atoms with Crippen LogP contribution in [-0.2, 0) is 16.0 Å². The highest BCUT2D eigenvalue weighted by Gasteiger charge is 2.15. The highest BCUT2D eigenvalue weighted by molar-refractivity contribution is 6.30. The Morgan fingerprint density at radius 2 is 2.00 bits per heavy atom. The van der Waals surface area contributed by atoms with Gasteiger partial charge in [0.05, 0.1) is 6.61 Å². The number of carbonyl (C=O) groups excluding carboxylic acids is 2. The highest BCUT2D eigenvalue weighted by atomic mass is 35.5. The summed E-state index contributed by atoms with van der Waals surface area (Å²) in [7, 11) is 0. The van der Waals surface area contributed by atoms with Crippen LogP contribution >= 0.6 is 11.6 Å². The molecule has 0 saturated carbocycles. The van der Waals surface area contributed by atoms with Crippen molar-refractivity contribution in [2.45, 2.75) is 33.1 Å². The molecule has 0 radical (unpaired) electrons. The Morgan fingerprint density at radius 3 is 2.76 bits per heavy atom. The summed E-state index contributed by atoms with van der Waals surface area (Å²) in [6.07, 6.45) is 3.25. The number of hydrogen-bond donors (Lipinski definition) is 1. The van der Waals surface area contributed by atoms with Gasteiger partial charge in [-0.1, -0.05) is 36.7 Å². The third-order valence-corrected chi connectivity index (χ3v) is 5.00. The Kier molecular flexibility index (Phi) is 6.94. The van der Waals surface area contributed by atoms with Gasteiger partial charge in [0.2, 0.25) is 5.78 Å². The average molecular weight is 414 g/mol. The Morgan fingerprint density at radius 1 is 1.17 bits per heavy atom. The molecule has 0 fully saturated rings. The minimum absolute atomic E-state index is 0.188. The second-order valence-electron chi connectivity index (χ2n) is 6.84. The third kappa shape index (κ3) is 5.18.